The number of nitrogens with zero attached hydrogens (tertiary/aromatic N) is 3. The molecule has 0 radical (unpaired) electrons. The number of carboxylic acid groups (broad SMARTS) is 1. The highest BCUT2D eigenvalue weighted by Gasteiger charge is 2.49. The predicted octanol–water partition coefficient (Wildman–Crippen LogP) is 3.28. The Morgan fingerprint density at radius 1 is 0.611 bits per heavy atom. The lowest BCUT2D eigenvalue weighted by Crippen LogP contribution is -2.61. The maximum Gasteiger partial charge on any atom is 0.335 e. The zero-order chi connectivity index (χ0) is 64.1. The van der Waals surface area contributed by atoms with Crippen molar-refractivity contribution in [2.24, 2.45) is 0 Å². The van der Waals surface area contributed by atoms with Crippen LogP contribution in [0.5, 0.6) is 11.5 Å². The van der Waals surface area contributed by atoms with Crippen LogP contribution in [0.3, 0.4) is 0 Å². The summed E-state index contributed by atoms with van der Waals surface area (Å²) >= 11 is 13.1. The fraction of sp³-hybridized carbons (Fsp3) is 0.365. The summed E-state index contributed by atoms with van der Waals surface area (Å²) < 4.78 is 28.0. The molecule has 27 heteroatoms. The zero-order valence-corrected chi connectivity index (χ0v) is 49.3. The molecule has 5 heterocycles. The standard InChI is InChI=1S/C63H63Cl2N5O20/c64-27-34-29-69(41-26-44(37-9-4-6-11-39(37)51(34)41)88-63-58(83)54(79)56(81)61(90-63)86-31-71)49(76)17-14-32-13-15-33(40(24-32)67-46(73)21-22-66-45(72)12-2-1-7-23-68-47(74)19-20-48(68)75)16-18-50(77)70-30-35(28-65)52-38-10-5-3-8-36(38)43(25-42(52)70)87-62-57(82)53(78)55(80)59(89-62)60(84)85/h3-6,8-11,13-20,24-26,31,34-35,53-59,61-63,78-83H,1-2,7,12,21-23,27-30H2,(H,66,72)(H,67,73)(H,84,85)/b17-14+,18-16+/t34-,35-,53?,54+,55+,56+,57-,58-,59+,61+,62-,63?/m1/s1. The van der Waals surface area contributed by atoms with Gasteiger partial charge in [0.2, 0.25) is 30.7 Å². The number of nitrogens with one attached hydrogen (secondary N) is 2. The third-order valence-corrected chi connectivity index (χ3v) is 17.0. The van der Waals surface area contributed by atoms with E-state index in [0.717, 1.165) is 10.5 Å². The first-order valence-electron chi connectivity index (χ1n) is 28.8. The van der Waals surface area contributed by atoms with E-state index >= 15 is 0 Å². The second-order valence-electron chi connectivity index (χ2n) is 22.0. The molecule has 5 aliphatic rings. The smallest absolute Gasteiger partial charge is 0.335 e. The van der Waals surface area contributed by atoms with Gasteiger partial charge in [0.1, 0.15) is 48.1 Å². The van der Waals surface area contributed by atoms with Gasteiger partial charge in [0, 0.05) is 116 Å². The third-order valence-electron chi connectivity index (χ3n) is 16.2. The molecular formula is C63H63Cl2N5O20. The number of aliphatic carboxylic acids is 1. The van der Waals surface area contributed by atoms with E-state index in [4.69, 9.17) is 46.9 Å². The molecule has 0 saturated carbocycles. The van der Waals surface area contributed by atoms with Gasteiger partial charge in [0.05, 0.1) is 11.4 Å². The van der Waals surface area contributed by atoms with E-state index < -0.39 is 91.2 Å². The maximum absolute atomic E-state index is 14.5. The summed E-state index contributed by atoms with van der Waals surface area (Å²) in [7, 11) is 0. The molecule has 0 bridgehead atoms. The highest BCUT2D eigenvalue weighted by atomic mass is 35.5. The average Bonchev–Trinajstić information content (AvgIpc) is 1.54. The van der Waals surface area contributed by atoms with Crippen molar-refractivity contribution in [3.8, 4) is 11.5 Å². The molecule has 2 unspecified atom stereocenters. The third kappa shape index (κ3) is 13.6. The number of imide groups is 1. The number of aliphatic hydroxyl groups excluding tert-OH is 6. The summed E-state index contributed by atoms with van der Waals surface area (Å²) in [4.78, 5) is 106. The summed E-state index contributed by atoms with van der Waals surface area (Å²) in [5, 5.41) is 81.2. The number of carbonyl (C=O) groups is 8. The SMILES string of the molecule is O=CO[C@H]1OC(Oc2cc3c(c4ccccc24)[C@H](CCl)CN3C(=O)/C=C/c2ccc(/C=C/C(=O)N3C[C@@H](CCl)c4c3cc(O[C@@H]3O[C@H](C(=O)O)[C@@H](O)C(O)[C@H]3O)c3ccccc43)c(NC(=O)CCNC(=O)CCCCCN3C(=O)C=CC3=O)c2)[C@H](O)[C@@H](O)[C@@H]1O. The van der Waals surface area contributed by atoms with Gasteiger partial charge in [-0.1, -0.05) is 67.1 Å². The Hall–Kier alpha value is -8.34. The number of fused-ring (bicyclic) bond motifs is 6. The van der Waals surface area contributed by atoms with Gasteiger partial charge in [0.15, 0.2) is 6.10 Å². The number of carbonyl (C=O) groups excluding carboxylic acids is 7. The van der Waals surface area contributed by atoms with Gasteiger partial charge in [-0.3, -0.25) is 43.2 Å². The molecule has 5 aliphatic heterocycles. The Kier molecular flexibility index (Phi) is 20.3. The van der Waals surface area contributed by atoms with Crippen LogP contribution in [0.4, 0.5) is 17.1 Å². The molecule has 0 spiro atoms. The van der Waals surface area contributed by atoms with E-state index in [1.54, 1.807) is 72.8 Å². The van der Waals surface area contributed by atoms with E-state index in [0.29, 0.717) is 68.9 Å². The van der Waals surface area contributed by atoms with Gasteiger partial charge < -0.3 is 75.1 Å². The largest absolute Gasteiger partial charge is 0.479 e. The number of carboxylic acids is 1. The Morgan fingerprint density at radius 3 is 1.70 bits per heavy atom. The normalized spacial score (nSPS) is 25.5. The molecular weight excluding hydrogens is 1220 g/mol. The number of anilines is 3. The van der Waals surface area contributed by atoms with Gasteiger partial charge in [-0.25, -0.2) is 4.79 Å². The van der Waals surface area contributed by atoms with Gasteiger partial charge in [-0.05, 0) is 64.1 Å². The van der Waals surface area contributed by atoms with Crippen LogP contribution in [-0.2, 0) is 52.6 Å². The van der Waals surface area contributed by atoms with E-state index in [2.05, 4.69) is 10.6 Å². The predicted molar refractivity (Wildman–Crippen MR) is 324 cm³/mol. The second-order valence-corrected chi connectivity index (χ2v) is 22.6. The van der Waals surface area contributed by atoms with Crippen LogP contribution in [0.15, 0.2) is 103 Å². The number of benzene rings is 5. The van der Waals surface area contributed by atoms with Crippen LogP contribution < -0.4 is 29.9 Å². The van der Waals surface area contributed by atoms with Crippen molar-refractivity contribution >= 4 is 122 Å². The number of amides is 6. The van der Waals surface area contributed by atoms with Gasteiger partial charge in [0.25, 0.3) is 30.1 Å². The molecule has 2 saturated heterocycles. The number of alkyl halides is 2. The van der Waals surface area contributed by atoms with Gasteiger partial charge >= 0.3 is 5.97 Å². The maximum atomic E-state index is 14.5. The summed E-state index contributed by atoms with van der Waals surface area (Å²) in [6, 6.07) is 21.9. The number of rotatable bonds is 23. The van der Waals surface area contributed by atoms with Crippen LogP contribution in [0, 0.1) is 0 Å². The highest BCUT2D eigenvalue weighted by Crippen LogP contribution is 2.48. The van der Waals surface area contributed by atoms with Gasteiger partial charge in [-0.2, -0.15) is 0 Å². The van der Waals surface area contributed by atoms with Crippen molar-refractivity contribution in [3.63, 3.8) is 0 Å². The first-order valence-corrected chi connectivity index (χ1v) is 29.9. The van der Waals surface area contributed by atoms with Crippen molar-refractivity contribution in [2.45, 2.75) is 106 Å². The summed E-state index contributed by atoms with van der Waals surface area (Å²) in [6.07, 6.45) is -8.84. The van der Waals surface area contributed by atoms with Crippen LogP contribution >= 0.6 is 23.2 Å². The highest BCUT2D eigenvalue weighted by molar-refractivity contribution is 6.20. The fourth-order valence-electron chi connectivity index (χ4n) is 11.6. The second kappa shape index (κ2) is 28.2. The molecule has 0 aliphatic carbocycles. The van der Waals surface area contributed by atoms with E-state index in [1.165, 1.54) is 52.3 Å². The first kappa shape index (κ1) is 64.6. The summed E-state index contributed by atoms with van der Waals surface area (Å²) in [6.45, 7) is 0.420. The Labute approximate surface area is 523 Å². The van der Waals surface area contributed by atoms with E-state index in [9.17, 15) is 74.1 Å². The minimum absolute atomic E-state index is 0.0110. The Bertz CT molecular complexity index is 3700. The monoisotopic (exact) mass is 1280 g/mol. The number of hydrogen-bond donors (Lipinski definition) is 9. The van der Waals surface area contributed by atoms with Crippen molar-refractivity contribution in [2.75, 3.05) is 53.1 Å². The molecule has 0 aromatic heterocycles. The Morgan fingerprint density at radius 2 is 1.14 bits per heavy atom. The lowest BCUT2D eigenvalue weighted by atomic mass is 9.95. The fourth-order valence-corrected chi connectivity index (χ4v) is 12.1. The molecule has 5 aromatic carbocycles. The minimum atomic E-state index is -1.97. The molecule has 5 aromatic rings. The van der Waals surface area contributed by atoms with Gasteiger partial charge in [-0.15, -0.1) is 23.2 Å². The number of unbranched alkanes of at least 4 members (excludes halogenated alkanes) is 2. The number of halogens is 2. The summed E-state index contributed by atoms with van der Waals surface area (Å²) in [5.74, 6) is -4.70. The minimum Gasteiger partial charge on any atom is -0.479 e. The van der Waals surface area contributed by atoms with Crippen LogP contribution in [0.25, 0.3) is 33.7 Å². The molecule has 10 rings (SSSR count). The van der Waals surface area contributed by atoms with E-state index in [-0.39, 0.29) is 98.1 Å². The topological polar surface area (TPSA) is 358 Å². The molecule has 90 heavy (non-hydrogen) atoms. The molecule has 12 atom stereocenters. The first-order chi connectivity index (χ1) is 43.3. The quantitative estimate of drug-likeness (QED) is 0.0149. The van der Waals surface area contributed by atoms with Crippen molar-refractivity contribution in [1.82, 2.24) is 10.2 Å². The Balaban J connectivity index is 0.899. The van der Waals surface area contributed by atoms with Crippen molar-refractivity contribution < 1.29 is 97.8 Å². The number of aliphatic hydroxyl groups is 6. The van der Waals surface area contributed by atoms with Crippen LogP contribution in [-0.4, -0.2) is 188 Å². The summed E-state index contributed by atoms with van der Waals surface area (Å²) in [5.41, 5.74) is 3.10. The van der Waals surface area contributed by atoms with Crippen LogP contribution in [0.1, 0.15) is 66.2 Å². The zero-order valence-electron chi connectivity index (χ0n) is 47.8. The molecule has 474 valence electrons. The average molecular weight is 1280 g/mol. The van der Waals surface area contributed by atoms with E-state index in [1.807, 2.05) is 0 Å². The molecule has 25 nitrogen and oxygen atoms in total. The van der Waals surface area contributed by atoms with Crippen LogP contribution in [0.2, 0.25) is 0 Å². The lowest BCUT2D eigenvalue weighted by molar-refractivity contribution is -0.321. The number of hydrogen-bond acceptors (Lipinski definition) is 19. The van der Waals surface area contributed by atoms with Crippen molar-refractivity contribution in [3.05, 3.63) is 125 Å². The lowest BCUT2D eigenvalue weighted by Gasteiger charge is -2.39. The molecule has 2 fully saturated rings. The molecule has 6 amide bonds. The van der Waals surface area contributed by atoms with Crippen molar-refractivity contribution in [1.29, 1.82) is 0 Å². The number of ether oxygens (including phenoxy) is 5. The molecule has 9 N–H and O–H groups in total.